The van der Waals surface area contributed by atoms with Gasteiger partial charge in [-0.1, -0.05) is 12.8 Å². The first-order valence-electron chi connectivity index (χ1n) is 6.10. The number of rotatable bonds is 2. The molecule has 1 saturated heterocycles. The Balaban J connectivity index is 2.19. The molecule has 1 atom stereocenters. The summed E-state index contributed by atoms with van der Waals surface area (Å²) >= 11 is 0. The molecule has 2 N–H and O–H groups in total. The minimum Gasteiger partial charge on any atom is -0.338 e. The molecule has 0 aromatic carbocycles. The van der Waals surface area contributed by atoms with Crippen LogP contribution in [0.25, 0.3) is 0 Å². The smallest absolute Gasteiger partial charge is 0.225 e. The van der Waals surface area contributed by atoms with Crippen molar-refractivity contribution in [3.63, 3.8) is 0 Å². The molecule has 16 heavy (non-hydrogen) atoms. The number of nitrogens with two attached hydrogens (primary N) is 1. The minimum atomic E-state index is 0.484. The van der Waals surface area contributed by atoms with Crippen molar-refractivity contribution in [2.24, 2.45) is 5.73 Å². The fourth-order valence-electron chi connectivity index (χ4n) is 2.21. The highest BCUT2D eigenvalue weighted by atomic mass is 15.3. The van der Waals surface area contributed by atoms with Crippen molar-refractivity contribution in [1.29, 1.82) is 0 Å². The molecule has 88 valence electrons. The van der Waals surface area contributed by atoms with Crippen LogP contribution in [0.1, 0.15) is 38.3 Å². The lowest BCUT2D eigenvalue weighted by molar-refractivity contribution is 0.603. The summed E-state index contributed by atoms with van der Waals surface area (Å²) in [6.07, 6.45) is 6.91. The van der Waals surface area contributed by atoms with Crippen LogP contribution in [-0.4, -0.2) is 22.6 Å². The van der Waals surface area contributed by atoms with Crippen LogP contribution in [-0.2, 0) is 6.54 Å². The predicted octanol–water partition coefficient (Wildman–Crippen LogP) is 1.70. The average molecular weight is 220 g/mol. The number of hydrogen-bond donors (Lipinski definition) is 1. The fourth-order valence-corrected chi connectivity index (χ4v) is 2.21. The molecule has 0 saturated carbocycles. The summed E-state index contributed by atoms with van der Waals surface area (Å²) in [6, 6.07) is 2.42. The van der Waals surface area contributed by atoms with Crippen LogP contribution in [0.3, 0.4) is 0 Å². The highest BCUT2D eigenvalue weighted by Gasteiger charge is 2.19. The first-order valence-corrected chi connectivity index (χ1v) is 6.10. The summed E-state index contributed by atoms with van der Waals surface area (Å²) in [4.78, 5) is 11.2. The lowest BCUT2D eigenvalue weighted by atomic mass is 10.1. The minimum absolute atomic E-state index is 0.484. The maximum absolute atomic E-state index is 5.60. The van der Waals surface area contributed by atoms with Gasteiger partial charge in [0.15, 0.2) is 0 Å². The van der Waals surface area contributed by atoms with Gasteiger partial charge in [-0.25, -0.2) is 9.97 Å². The third-order valence-electron chi connectivity index (χ3n) is 3.22. The molecular formula is C12H20N4. The van der Waals surface area contributed by atoms with Crippen molar-refractivity contribution in [2.75, 3.05) is 11.4 Å². The standard InChI is InChI=1S/C12H20N4/c1-10-5-3-2-4-8-16(10)12-14-7-6-11(9-13)15-12/h6-7,10H,2-5,8-9,13H2,1H3. The molecule has 2 rings (SSSR count). The number of anilines is 1. The van der Waals surface area contributed by atoms with Crippen LogP contribution in [0.4, 0.5) is 5.95 Å². The number of nitrogens with zero attached hydrogens (tertiary/aromatic N) is 3. The second-order valence-corrected chi connectivity index (χ2v) is 4.44. The summed E-state index contributed by atoms with van der Waals surface area (Å²) in [6.45, 7) is 3.80. The van der Waals surface area contributed by atoms with Gasteiger partial charge in [0.25, 0.3) is 0 Å². The van der Waals surface area contributed by atoms with Crippen molar-refractivity contribution < 1.29 is 0 Å². The quantitative estimate of drug-likeness (QED) is 0.824. The van der Waals surface area contributed by atoms with E-state index in [1.54, 1.807) is 0 Å². The highest BCUT2D eigenvalue weighted by molar-refractivity contribution is 5.32. The van der Waals surface area contributed by atoms with E-state index in [1.807, 2.05) is 12.3 Å². The molecule has 0 radical (unpaired) electrons. The molecule has 4 nitrogen and oxygen atoms in total. The van der Waals surface area contributed by atoms with Crippen LogP contribution < -0.4 is 10.6 Å². The van der Waals surface area contributed by atoms with Gasteiger partial charge in [0, 0.05) is 25.3 Å². The van der Waals surface area contributed by atoms with E-state index in [-0.39, 0.29) is 0 Å². The van der Waals surface area contributed by atoms with Gasteiger partial charge in [-0.3, -0.25) is 0 Å². The van der Waals surface area contributed by atoms with Gasteiger partial charge in [-0.05, 0) is 25.8 Å². The van der Waals surface area contributed by atoms with Crippen LogP contribution in [0.5, 0.6) is 0 Å². The Morgan fingerprint density at radius 3 is 3.12 bits per heavy atom. The normalized spacial score (nSPS) is 21.9. The third kappa shape index (κ3) is 2.50. The van der Waals surface area contributed by atoms with Crippen LogP contribution in [0, 0.1) is 0 Å². The van der Waals surface area contributed by atoms with Gasteiger partial charge in [0.2, 0.25) is 5.95 Å². The SMILES string of the molecule is CC1CCCCCN1c1nccc(CN)n1. The molecule has 1 aromatic rings. The molecular weight excluding hydrogens is 200 g/mol. The van der Waals surface area contributed by atoms with E-state index < -0.39 is 0 Å². The van der Waals surface area contributed by atoms with E-state index in [0.29, 0.717) is 12.6 Å². The van der Waals surface area contributed by atoms with Crippen molar-refractivity contribution in [3.05, 3.63) is 18.0 Å². The molecule has 4 heteroatoms. The molecule has 2 heterocycles. The summed E-state index contributed by atoms with van der Waals surface area (Å²) in [7, 11) is 0. The second-order valence-electron chi connectivity index (χ2n) is 4.44. The first-order chi connectivity index (χ1) is 7.81. The van der Waals surface area contributed by atoms with E-state index in [4.69, 9.17) is 5.73 Å². The van der Waals surface area contributed by atoms with Gasteiger partial charge in [-0.2, -0.15) is 0 Å². The zero-order valence-corrected chi connectivity index (χ0v) is 9.89. The molecule has 1 unspecified atom stereocenters. The summed E-state index contributed by atoms with van der Waals surface area (Å²) in [5, 5.41) is 0. The predicted molar refractivity (Wildman–Crippen MR) is 65.2 cm³/mol. The molecule has 0 amide bonds. The Hall–Kier alpha value is -1.16. The van der Waals surface area contributed by atoms with E-state index >= 15 is 0 Å². The molecule has 1 aliphatic rings. The van der Waals surface area contributed by atoms with Gasteiger partial charge < -0.3 is 10.6 Å². The van der Waals surface area contributed by atoms with Crippen molar-refractivity contribution in [3.8, 4) is 0 Å². The third-order valence-corrected chi connectivity index (χ3v) is 3.22. The monoisotopic (exact) mass is 220 g/mol. The van der Waals surface area contributed by atoms with Crippen molar-refractivity contribution >= 4 is 5.95 Å². The van der Waals surface area contributed by atoms with Gasteiger partial charge in [-0.15, -0.1) is 0 Å². The van der Waals surface area contributed by atoms with Crippen LogP contribution >= 0.6 is 0 Å². The second kappa shape index (κ2) is 5.25. The van der Waals surface area contributed by atoms with Gasteiger partial charge in [0.05, 0.1) is 5.69 Å². The van der Waals surface area contributed by atoms with E-state index in [1.165, 1.54) is 25.7 Å². The van der Waals surface area contributed by atoms with Gasteiger partial charge in [0.1, 0.15) is 0 Å². The summed E-state index contributed by atoms with van der Waals surface area (Å²) in [5.74, 6) is 0.845. The van der Waals surface area contributed by atoms with E-state index in [2.05, 4.69) is 21.8 Å². The fraction of sp³-hybridized carbons (Fsp3) is 0.667. The number of aromatic nitrogens is 2. The first kappa shape index (κ1) is 11.3. The highest BCUT2D eigenvalue weighted by Crippen LogP contribution is 2.20. The van der Waals surface area contributed by atoms with E-state index in [0.717, 1.165) is 18.2 Å². The molecule has 1 fully saturated rings. The van der Waals surface area contributed by atoms with E-state index in [9.17, 15) is 0 Å². The average Bonchev–Trinajstić information content (AvgIpc) is 2.54. The van der Waals surface area contributed by atoms with Crippen molar-refractivity contribution in [2.45, 2.75) is 45.2 Å². The maximum atomic E-state index is 5.60. The Bertz CT molecular complexity index is 340. The maximum Gasteiger partial charge on any atom is 0.225 e. The molecule has 0 bridgehead atoms. The largest absolute Gasteiger partial charge is 0.338 e. The molecule has 1 aromatic heterocycles. The number of hydrogen-bond acceptors (Lipinski definition) is 4. The van der Waals surface area contributed by atoms with Crippen LogP contribution in [0.2, 0.25) is 0 Å². The summed E-state index contributed by atoms with van der Waals surface area (Å²) < 4.78 is 0. The Morgan fingerprint density at radius 2 is 2.31 bits per heavy atom. The zero-order chi connectivity index (χ0) is 11.4. The lowest BCUT2D eigenvalue weighted by Crippen LogP contribution is -2.34. The summed E-state index contributed by atoms with van der Waals surface area (Å²) in [5.41, 5.74) is 6.52. The Labute approximate surface area is 96.9 Å². The lowest BCUT2D eigenvalue weighted by Gasteiger charge is -2.27. The topological polar surface area (TPSA) is 55.0 Å². The Morgan fingerprint density at radius 1 is 1.44 bits per heavy atom. The van der Waals surface area contributed by atoms with Crippen LogP contribution in [0.15, 0.2) is 12.3 Å². The molecule has 0 aliphatic carbocycles. The van der Waals surface area contributed by atoms with Gasteiger partial charge >= 0.3 is 0 Å². The van der Waals surface area contributed by atoms with Crippen molar-refractivity contribution in [1.82, 2.24) is 9.97 Å². The molecule has 0 spiro atoms. The zero-order valence-electron chi connectivity index (χ0n) is 9.89. The molecule has 1 aliphatic heterocycles. The Kier molecular flexibility index (Phi) is 3.72.